The van der Waals surface area contributed by atoms with Crippen molar-refractivity contribution in [3.8, 4) is 0 Å². The Bertz CT molecular complexity index is 498. The van der Waals surface area contributed by atoms with Gasteiger partial charge in [-0.05, 0) is 11.1 Å². The number of nitrogens with zero attached hydrogens (tertiary/aromatic N) is 2. The molecule has 1 rings (SSSR count). The third-order valence-electron chi connectivity index (χ3n) is 3.06. The van der Waals surface area contributed by atoms with Crippen LogP contribution in [0.1, 0.15) is 25.0 Å². The topological polar surface area (TPSA) is 66.6 Å². The highest BCUT2D eigenvalue weighted by Crippen LogP contribution is 2.12. The molecule has 0 amide bonds. The first kappa shape index (κ1) is 16.1. The van der Waals surface area contributed by atoms with E-state index in [1.165, 1.54) is 8.61 Å². The number of rotatable bonds is 7. The van der Waals surface area contributed by atoms with Gasteiger partial charge in [-0.3, -0.25) is 0 Å². The van der Waals surface area contributed by atoms with Gasteiger partial charge in [0.15, 0.2) is 0 Å². The van der Waals surface area contributed by atoms with Gasteiger partial charge < -0.3 is 5.73 Å². The van der Waals surface area contributed by atoms with Crippen molar-refractivity contribution in [3.05, 3.63) is 35.4 Å². The summed E-state index contributed by atoms with van der Waals surface area (Å²) in [5.74, 6) is 0. The van der Waals surface area contributed by atoms with Crippen molar-refractivity contribution in [1.82, 2.24) is 8.61 Å². The van der Waals surface area contributed by atoms with E-state index in [0.717, 1.165) is 11.1 Å². The minimum Gasteiger partial charge on any atom is -0.326 e. The van der Waals surface area contributed by atoms with Crippen molar-refractivity contribution < 1.29 is 8.42 Å². The van der Waals surface area contributed by atoms with Crippen LogP contribution in [0.25, 0.3) is 0 Å². The molecule has 0 fully saturated rings. The smallest absolute Gasteiger partial charge is 0.282 e. The van der Waals surface area contributed by atoms with E-state index >= 15 is 0 Å². The van der Waals surface area contributed by atoms with E-state index < -0.39 is 10.2 Å². The van der Waals surface area contributed by atoms with E-state index in [2.05, 4.69) is 0 Å². The fourth-order valence-electron chi connectivity index (χ4n) is 1.94. The molecule has 0 atom stereocenters. The van der Waals surface area contributed by atoms with Gasteiger partial charge in [0, 0.05) is 33.2 Å². The lowest BCUT2D eigenvalue weighted by molar-refractivity contribution is 0.375. The van der Waals surface area contributed by atoms with Crippen LogP contribution < -0.4 is 5.73 Å². The summed E-state index contributed by atoms with van der Waals surface area (Å²) in [6, 6.07) is 7.68. The Morgan fingerprint density at radius 3 is 2.26 bits per heavy atom. The molecule has 0 saturated heterocycles. The molecule has 2 N–H and O–H groups in total. The molecule has 0 saturated carbocycles. The highest BCUT2D eigenvalue weighted by Gasteiger charge is 2.24. The van der Waals surface area contributed by atoms with Crippen LogP contribution in [0.5, 0.6) is 0 Å². The lowest BCUT2D eigenvalue weighted by Gasteiger charge is -2.25. The predicted molar refractivity (Wildman–Crippen MR) is 77.6 cm³/mol. The summed E-state index contributed by atoms with van der Waals surface area (Å²) in [4.78, 5) is 0. The zero-order valence-corrected chi connectivity index (χ0v) is 12.7. The minimum atomic E-state index is -3.38. The van der Waals surface area contributed by atoms with Crippen molar-refractivity contribution >= 4 is 10.2 Å². The molecule has 0 heterocycles. The average molecular weight is 285 g/mol. The molecule has 108 valence electrons. The summed E-state index contributed by atoms with van der Waals surface area (Å²) in [5, 5.41) is 0. The third-order valence-corrected chi connectivity index (χ3v) is 5.14. The minimum absolute atomic E-state index is 0.354. The van der Waals surface area contributed by atoms with E-state index in [4.69, 9.17) is 5.73 Å². The molecule has 0 aliphatic rings. The fourth-order valence-corrected chi connectivity index (χ4v) is 3.30. The Hall–Kier alpha value is -0.950. The molecule has 19 heavy (non-hydrogen) atoms. The van der Waals surface area contributed by atoms with Gasteiger partial charge in [-0.2, -0.15) is 17.0 Å². The van der Waals surface area contributed by atoms with Gasteiger partial charge in [-0.15, -0.1) is 0 Å². The summed E-state index contributed by atoms with van der Waals surface area (Å²) >= 11 is 0. The summed E-state index contributed by atoms with van der Waals surface area (Å²) in [7, 11) is -1.78. The molecular weight excluding hydrogens is 262 g/mol. The quantitative estimate of drug-likeness (QED) is 0.817. The Labute approximate surface area is 116 Å². The molecule has 5 nitrogen and oxygen atoms in total. The van der Waals surface area contributed by atoms with E-state index in [-0.39, 0.29) is 0 Å². The second-order valence-corrected chi connectivity index (χ2v) is 6.41. The first-order valence-electron chi connectivity index (χ1n) is 6.45. The Kier molecular flexibility index (Phi) is 5.93. The maximum atomic E-state index is 12.3. The van der Waals surface area contributed by atoms with E-state index in [1.807, 2.05) is 38.1 Å². The number of hydrogen-bond acceptors (Lipinski definition) is 3. The van der Waals surface area contributed by atoms with Crippen molar-refractivity contribution in [2.24, 2.45) is 5.73 Å². The monoisotopic (exact) mass is 285 g/mol. The molecule has 0 aliphatic heterocycles. The van der Waals surface area contributed by atoms with Gasteiger partial charge in [-0.1, -0.05) is 38.1 Å². The summed E-state index contributed by atoms with van der Waals surface area (Å²) < 4.78 is 27.4. The first-order valence-corrected chi connectivity index (χ1v) is 7.84. The molecule has 0 aliphatic carbocycles. The van der Waals surface area contributed by atoms with Crippen LogP contribution in [0.2, 0.25) is 0 Å². The van der Waals surface area contributed by atoms with Crippen LogP contribution in [0.3, 0.4) is 0 Å². The molecule has 0 spiro atoms. The van der Waals surface area contributed by atoms with Crippen LogP contribution in [-0.2, 0) is 23.3 Å². The number of hydrogen-bond donors (Lipinski definition) is 1. The summed E-state index contributed by atoms with van der Waals surface area (Å²) in [6.07, 6.45) is 0. The number of benzene rings is 1. The van der Waals surface area contributed by atoms with Gasteiger partial charge in [-0.25, -0.2) is 0 Å². The van der Waals surface area contributed by atoms with Gasteiger partial charge in [0.1, 0.15) is 0 Å². The highest BCUT2D eigenvalue weighted by molar-refractivity contribution is 7.86. The van der Waals surface area contributed by atoms with Crippen molar-refractivity contribution in [2.75, 3.05) is 20.1 Å². The maximum absolute atomic E-state index is 12.3. The fraction of sp³-hybridized carbons (Fsp3) is 0.538. The predicted octanol–water partition coefficient (Wildman–Crippen LogP) is 1.16. The Morgan fingerprint density at radius 1 is 1.16 bits per heavy atom. The van der Waals surface area contributed by atoms with Gasteiger partial charge in [0.25, 0.3) is 10.2 Å². The second-order valence-electron chi connectivity index (χ2n) is 4.37. The average Bonchev–Trinajstić information content (AvgIpc) is 2.40. The second kappa shape index (κ2) is 7.00. The lowest BCUT2D eigenvalue weighted by atomic mass is 10.1. The van der Waals surface area contributed by atoms with Crippen molar-refractivity contribution in [3.63, 3.8) is 0 Å². The normalized spacial score (nSPS) is 12.3. The first-order chi connectivity index (χ1) is 8.95. The van der Waals surface area contributed by atoms with Crippen LogP contribution in [0, 0.1) is 0 Å². The van der Waals surface area contributed by atoms with Crippen LogP contribution in [0.4, 0.5) is 0 Å². The molecule has 0 unspecified atom stereocenters. The summed E-state index contributed by atoms with van der Waals surface area (Å²) in [6.45, 7) is 5.44. The van der Waals surface area contributed by atoms with Crippen molar-refractivity contribution in [1.29, 1.82) is 0 Å². The molecule has 1 aromatic carbocycles. The van der Waals surface area contributed by atoms with E-state index in [9.17, 15) is 8.42 Å². The summed E-state index contributed by atoms with van der Waals surface area (Å²) in [5.41, 5.74) is 7.54. The van der Waals surface area contributed by atoms with Crippen LogP contribution >= 0.6 is 0 Å². The number of nitrogens with two attached hydrogens (primary N) is 1. The molecule has 6 heteroatoms. The molecule has 1 aromatic rings. The largest absolute Gasteiger partial charge is 0.326 e. The molecule has 0 radical (unpaired) electrons. The van der Waals surface area contributed by atoms with Crippen LogP contribution in [-0.4, -0.2) is 37.2 Å². The zero-order valence-electron chi connectivity index (χ0n) is 11.8. The lowest BCUT2D eigenvalue weighted by Crippen LogP contribution is -2.41. The van der Waals surface area contributed by atoms with Gasteiger partial charge in [0.2, 0.25) is 0 Å². The van der Waals surface area contributed by atoms with Crippen LogP contribution in [0.15, 0.2) is 24.3 Å². The van der Waals surface area contributed by atoms with Crippen molar-refractivity contribution in [2.45, 2.75) is 26.9 Å². The third kappa shape index (κ3) is 4.01. The highest BCUT2D eigenvalue weighted by atomic mass is 32.2. The van der Waals surface area contributed by atoms with Gasteiger partial charge >= 0.3 is 0 Å². The van der Waals surface area contributed by atoms with E-state index in [1.54, 1.807) is 7.05 Å². The molecular formula is C13H23N3O2S. The standard InChI is InChI=1S/C13H23N3O2S/c1-4-16(5-2)19(17,18)15(3)11-13-8-6-7-12(9-13)10-14/h6-9H,4-5,10-11,14H2,1-3H3. The SMILES string of the molecule is CCN(CC)S(=O)(=O)N(C)Cc1cccc(CN)c1. The molecule has 0 bridgehead atoms. The zero-order chi connectivity index (χ0) is 14.5. The Morgan fingerprint density at radius 2 is 1.74 bits per heavy atom. The maximum Gasteiger partial charge on any atom is 0.282 e. The Balaban J connectivity index is 2.86. The van der Waals surface area contributed by atoms with E-state index in [0.29, 0.717) is 26.2 Å². The molecule has 0 aromatic heterocycles. The van der Waals surface area contributed by atoms with Gasteiger partial charge in [0.05, 0.1) is 0 Å².